The van der Waals surface area contributed by atoms with E-state index < -0.39 is 0 Å². The van der Waals surface area contributed by atoms with Crippen LogP contribution in [0.2, 0.25) is 0 Å². The summed E-state index contributed by atoms with van der Waals surface area (Å²) < 4.78 is 0. The number of rotatable bonds is 1. The first kappa shape index (κ1) is 11.0. The molecule has 0 radical (unpaired) electrons. The van der Waals surface area contributed by atoms with Gasteiger partial charge in [0.1, 0.15) is 0 Å². The van der Waals surface area contributed by atoms with Gasteiger partial charge in [0.2, 0.25) is 0 Å². The molecule has 1 atom stereocenters. The third kappa shape index (κ3) is 5.25. The average molecular weight is 157 g/mol. The SMILES string of the molecule is CC(C)(C)CC(N)C(C)(C)C. The maximum Gasteiger partial charge on any atom is 0.00926 e. The molecule has 1 unspecified atom stereocenters. The molecule has 0 amide bonds. The van der Waals surface area contributed by atoms with E-state index in [1.54, 1.807) is 0 Å². The standard InChI is InChI=1S/C10H23N/c1-9(2,3)7-8(11)10(4,5)6/h8H,7,11H2,1-6H3. The molecular weight excluding hydrogens is 134 g/mol. The smallest absolute Gasteiger partial charge is 0.00926 e. The van der Waals surface area contributed by atoms with E-state index in [2.05, 4.69) is 41.5 Å². The summed E-state index contributed by atoms with van der Waals surface area (Å²) in [5.74, 6) is 0. The van der Waals surface area contributed by atoms with Crippen molar-refractivity contribution >= 4 is 0 Å². The monoisotopic (exact) mass is 157 g/mol. The zero-order chi connectivity index (χ0) is 9.28. The quantitative estimate of drug-likeness (QED) is 0.622. The molecular formula is C10H23N. The van der Waals surface area contributed by atoms with Crippen LogP contribution in [0.5, 0.6) is 0 Å². The summed E-state index contributed by atoms with van der Waals surface area (Å²) in [6.07, 6.45) is 1.09. The van der Waals surface area contributed by atoms with Gasteiger partial charge in [-0.2, -0.15) is 0 Å². The Balaban J connectivity index is 3.99. The summed E-state index contributed by atoms with van der Waals surface area (Å²) in [6.45, 7) is 13.3. The van der Waals surface area contributed by atoms with Gasteiger partial charge in [0, 0.05) is 6.04 Å². The van der Waals surface area contributed by atoms with Crippen LogP contribution < -0.4 is 5.73 Å². The lowest BCUT2D eigenvalue weighted by Gasteiger charge is -2.32. The molecule has 0 spiro atoms. The van der Waals surface area contributed by atoms with Gasteiger partial charge in [-0.15, -0.1) is 0 Å². The van der Waals surface area contributed by atoms with Crippen molar-refractivity contribution < 1.29 is 0 Å². The van der Waals surface area contributed by atoms with Gasteiger partial charge >= 0.3 is 0 Å². The zero-order valence-corrected chi connectivity index (χ0v) is 8.86. The second-order valence-corrected chi connectivity index (χ2v) is 5.74. The van der Waals surface area contributed by atoms with Crippen molar-refractivity contribution in [3.8, 4) is 0 Å². The third-order valence-electron chi connectivity index (χ3n) is 1.94. The molecule has 68 valence electrons. The normalized spacial score (nSPS) is 16.6. The van der Waals surface area contributed by atoms with Gasteiger partial charge in [0.25, 0.3) is 0 Å². The Labute approximate surface area is 71.4 Å². The Morgan fingerprint density at radius 2 is 1.36 bits per heavy atom. The fraction of sp³-hybridized carbons (Fsp3) is 1.00. The van der Waals surface area contributed by atoms with Crippen molar-refractivity contribution in [2.45, 2.75) is 54.0 Å². The van der Waals surface area contributed by atoms with Crippen LogP contribution in [0.3, 0.4) is 0 Å². The highest BCUT2D eigenvalue weighted by Crippen LogP contribution is 2.28. The summed E-state index contributed by atoms with van der Waals surface area (Å²) in [4.78, 5) is 0. The molecule has 0 aliphatic heterocycles. The summed E-state index contributed by atoms with van der Waals surface area (Å²) in [5, 5.41) is 0. The van der Waals surface area contributed by atoms with Crippen molar-refractivity contribution in [1.29, 1.82) is 0 Å². The Bertz CT molecular complexity index is 114. The van der Waals surface area contributed by atoms with E-state index in [9.17, 15) is 0 Å². The molecule has 0 aromatic rings. The number of nitrogens with two attached hydrogens (primary N) is 1. The van der Waals surface area contributed by atoms with E-state index in [0.717, 1.165) is 6.42 Å². The van der Waals surface area contributed by atoms with E-state index in [1.165, 1.54) is 0 Å². The van der Waals surface area contributed by atoms with E-state index in [0.29, 0.717) is 11.5 Å². The van der Waals surface area contributed by atoms with Gasteiger partial charge in [-0.05, 0) is 17.3 Å². The van der Waals surface area contributed by atoms with Gasteiger partial charge < -0.3 is 5.73 Å². The predicted octanol–water partition coefficient (Wildman–Crippen LogP) is 2.80. The number of hydrogen-bond acceptors (Lipinski definition) is 1. The van der Waals surface area contributed by atoms with Gasteiger partial charge in [-0.25, -0.2) is 0 Å². The molecule has 0 aliphatic carbocycles. The Hall–Kier alpha value is -0.0400. The average Bonchev–Trinajstić information content (AvgIpc) is 1.56. The van der Waals surface area contributed by atoms with E-state index in [1.807, 2.05) is 0 Å². The first-order valence-corrected chi connectivity index (χ1v) is 4.38. The lowest BCUT2D eigenvalue weighted by Crippen LogP contribution is -2.38. The van der Waals surface area contributed by atoms with Crippen LogP contribution in [0.15, 0.2) is 0 Å². The lowest BCUT2D eigenvalue weighted by atomic mass is 9.77. The summed E-state index contributed by atoms with van der Waals surface area (Å²) >= 11 is 0. The van der Waals surface area contributed by atoms with Crippen LogP contribution in [-0.2, 0) is 0 Å². The molecule has 11 heavy (non-hydrogen) atoms. The van der Waals surface area contributed by atoms with Crippen LogP contribution >= 0.6 is 0 Å². The zero-order valence-electron chi connectivity index (χ0n) is 8.86. The molecule has 0 bridgehead atoms. The fourth-order valence-corrected chi connectivity index (χ4v) is 0.966. The predicted molar refractivity (Wildman–Crippen MR) is 51.5 cm³/mol. The molecule has 0 heterocycles. The second-order valence-electron chi connectivity index (χ2n) is 5.74. The van der Waals surface area contributed by atoms with Crippen molar-refractivity contribution in [2.24, 2.45) is 16.6 Å². The van der Waals surface area contributed by atoms with Gasteiger partial charge in [-0.3, -0.25) is 0 Å². The van der Waals surface area contributed by atoms with Gasteiger partial charge in [-0.1, -0.05) is 41.5 Å². The van der Waals surface area contributed by atoms with Gasteiger partial charge in [0.05, 0.1) is 0 Å². The Morgan fingerprint density at radius 3 is 1.45 bits per heavy atom. The summed E-state index contributed by atoms with van der Waals surface area (Å²) in [6, 6.07) is 0.308. The van der Waals surface area contributed by atoms with Crippen LogP contribution in [0, 0.1) is 10.8 Å². The first-order chi connectivity index (χ1) is 4.63. The molecule has 0 aromatic carbocycles. The molecule has 0 saturated carbocycles. The van der Waals surface area contributed by atoms with Crippen LogP contribution in [-0.4, -0.2) is 6.04 Å². The number of hydrogen-bond donors (Lipinski definition) is 1. The minimum Gasteiger partial charge on any atom is -0.327 e. The molecule has 2 N–H and O–H groups in total. The largest absolute Gasteiger partial charge is 0.327 e. The summed E-state index contributed by atoms with van der Waals surface area (Å²) in [7, 11) is 0. The molecule has 0 aromatic heterocycles. The van der Waals surface area contributed by atoms with Crippen molar-refractivity contribution in [2.75, 3.05) is 0 Å². The van der Waals surface area contributed by atoms with Crippen LogP contribution in [0.1, 0.15) is 48.0 Å². The highest BCUT2D eigenvalue weighted by Gasteiger charge is 2.25. The molecule has 0 fully saturated rings. The van der Waals surface area contributed by atoms with Crippen molar-refractivity contribution in [3.05, 3.63) is 0 Å². The maximum atomic E-state index is 6.04. The highest BCUT2D eigenvalue weighted by molar-refractivity contribution is 4.81. The van der Waals surface area contributed by atoms with Crippen LogP contribution in [0.25, 0.3) is 0 Å². The van der Waals surface area contributed by atoms with E-state index in [4.69, 9.17) is 5.73 Å². The Kier molecular flexibility index (Phi) is 3.13. The molecule has 1 heteroatoms. The van der Waals surface area contributed by atoms with Crippen LogP contribution in [0.4, 0.5) is 0 Å². The highest BCUT2D eigenvalue weighted by atomic mass is 14.7. The lowest BCUT2D eigenvalue weighted by molar-refractivity contribution is 0.231. The molecule has 0 aliphatic rings. The third-order valence-corrected chi connectivity index (χ3v) is 1.94. The second kappa shape index (κ2) is 3.14. The first-order valence-electron chi connectivity index (χ1n) is 4.38. The fourth-order valence-electron chi connectivity index (χ4n) is 0.966. The molecule has 1 nitrogen and oxygen atoms in total. The Morgan fingerprint density at radius 1 is 1.00 bits per heavy atom. The topological polar surface area (TPSA) is 26.0 Å². The minimum atomic E-state index is 0.243. The summed E-state index contributed by atoms with van der Waals surface area (Å²) in [5.41, 5.74) is 6.63. The molecule has 0 saturated heterocycles. The van der Waals surface area contributed by atoms with Crippen molar-refractivity contribution in [1.82, 2.24) is 0 Å². The maximum absolute atomic E-state index is 6.04. The van der Waals surface area contributed by atoms with E-state index in [-0.39, 0.29) is 5.41 Å². The van der Waals surface area contributed by atoms with Gasteiger partial charge in [0.15, 0.2) is 0 Å². The minimum absolute atomic E-state index is 0.243. The van der Waals surface area contributed by atoms with E-state index >= 15 is 0 Å². The molecule has 0 rings (SSSR count). The van der Waals surface area contributed by atoms with Crippen molar-refractivity contribution in [3.63, 3.8) is 0 Å².